The van der Waals surface area contributed by atoms with Gasteiger partial charge in [-0.25, -0.2) is 0 Å². The summed E-state index contributed by atoms with van der Waals surface area (Å²) in [5.41, 5.74) is 1.76. The lowest BCUT2D eigenvalue weighted by Crippen LogP contribution is -2.48. The summed E-state index contributed by atoms with van der Waals surface area (Å²) in [5, 5.41) is 8.74. The van der Waals surface area contributed by atoms with Gasteiger partial charge in [0, 0.05) is 31.9 Å². The number of nitrogens with zero attached hydrogens (tertiary/aromatic N) is 3. The van der Waals surface area contributed by atoms with Gasteiger partial charge >= 0.3 is 0 Å². The Kier molecular flexibility index (Phi) is 3.63. The minimum absolute atomic E-state index is 0.00511. The van der Waals surface area contributed by atoms with E-state index in [1.807, 2.05) is 24.3 Å². The monoisotopic (exact) mass is 241 g/mol. The molecule has 0 bridgehead atoms. The molecular weight excluding hydrogens is 226 g/mol. The molecule has 1 aromatic carbocycles. The molecule has 0 atom stereocenters. The van der Waals surface area contributed by atoms with Gasteiger partial charge in [0.1, 0.15) is 0 Å². The fourth-order valence-electron chi connectivity index (χ4n) is 2.06. The maximum Gasteiger partial charge on any atom is 0.246 e. The number of carbonyl (C=O) groups excluding carboxylic acids is 1. The van der Waals surface area contributed by atoms with Gasteiger partial charge in [0.15, 0.2) is 0 Å². The molecule has 0 saturated carbocycles. The van der Waals surface area contributed by atoms with E-state index in [0.717, 1.165) is 18.8 Å². The van der Waals surface area contributed by atoms with Gasteiger partial charge in [0.2, 0.25) is 5.91 Å². The second kappa shape index (κ2) is 5.37. The molecule has 1 aliphatic rings. The van der Waals surface area contributed by atoms with Crippen LogP contribution in [0.2, 0.25) is 0 Å². The number of benzene rings is 1. The molecule has 1 heterocycles. The van der Waals surface area contributed by atoms with Crippen molar-refractivity contribution in [2.24, 2.45) is 0 Å². The Morgan fingerprint density at radius 2 is 1.83 bits per heavy atom. The van der Waals surface area contributed by atoms with Crippen molar-refractivity contribution in [3.63, 3.8) is 0 Å². The summed E-state index contributed by atoms with van der Waals surface area (Å²) in [7, 11) is 0. The van der Waals surface area contributed by atoms with Gasteiger partial charge < -0.3 is 9.80 Å². The van der Waals surface area contributed by atoms with E-state index >= 15 is 0 Å². The minimum atomic E-state index is -0.00511. The Hall–Kier alpha value is -2.28. The van der Waals surface area contributed by atoms with Crippen LogP contribution in [0.5, 0.6) is 0 Å². The molecule has 0 unspecified atom stereocenters. The van der Waals surface area contributed by atoms with E-state index in [4.69, 9.17) is 5.26 Å². The van der Waals surface area contributed by atoms with Crippen LogP contribution in [0.3, 0.4) is 0 Å². The molecule has 1 amide bonds. The smallest absolute Gasteiger partial charge is 0.246 e. The third-order valence-corrected chi connectivity index (χ3v) is 3.13. The first-order valence-corrected chi connectivity index (χ1v) is 5.91. The van der Waals surface area contributed by atoms with Crippen LogP contribution in [0, 0.1) is 11.3 Å². The largest absolute Gasteiger partial charge is 0.368 e. The zero-order valence-electron chi connectivity index (χ0n) is 10.2. The first-order chi connectivity index (χ1) is 8.74. The van der Waals surface area contributed by atoms with E-state index in [2.05, 4.69) is 17.5 Å². The summed E-state index contributed by atoms with van der Waals surface area (Å²) in [6, 6.07) is 9.63. The van der Waals surface area contributed by atoms with E-state index in [1.54, 1.807) is 4.90 Å². The minimum Gasteiger partial charge on any atom is -0.368 e. The second-order valence-corrected chi connectivity index (χ2v) is 4.18. The topological polar surface area (TPSA) is 47.3 Å². The van der Waals surface area contributed by atoms with Crippen molar-refractivity contribution >= 4 is 11.6 Å². The maximum atomic E-state index is 11.4. The predicted octanol–water partition coefficient (Wildman–Crippen LogP) is 1.39. The lowest BCUT2D eigenvalue weighted by atomic mass is 10.2. The molecule has 2 rings (SSSR count). The summed E-state index contributed by atoms with van der Waals surface area (Å²) in [6.45, 7) is 6.54. The van der Waals surface area contributed by atoms with Gasteiger partial charge in [0.05, 0.1) is 11.6 Å². The van der Waals surface area contributed by atoms with E-state index < -0.39 is 0 Å². The number of hydrogen-bond acceptors (Lipinski definition) is 3. The average molecular weight is 241 g/mol. The molecule has 0 spiro atoms. The fraction of sp³-hybridized carbons (Fsp3) is 0.286. The highest BCUT2D eigenvalue weighted by Gasteiger charge is 2.19. The highest BCUT2D eigenvalue weighted by Crippen LogP contribution is 2.17. The Balaban J connectivity index is 1.99. The van der Waals surface area contributed by atoms with Gasteiger partial charge in [-0.15, -0.1) is 0 Å². The van der Waals surface area contributed by atoms with Crippen molar-refractivity contribution < 1.29 is 4.79 Å². The molecular formula is C14H15N3O. The Bertz CT molecular complexity index is 479. The summed E-state index contributed by atoms with van der Waals surface area (Å²) in [4.78, 5) is 15.5. The van der Waals surface area contributed by atoms with Gasteiger partial charge in [-0.2, -0.15) is 5.26 Å². The molecule has 0 radical (unpaired) electrons. The van der Waals surface area contributed by atoms with Crippen molar-refractivity contribution in [2.45, 2.75) is 0 Å². The maximum absolute atomic E-state index is 11.4. The standard InChI is InChI=1S/C14H15N3O/c1-2-14(18)17-9-7-16(8-10-17)13-5-3-12(11-15)4-6-13/h2-6H,1,7-10H2. The van der Waals surface area contributed by atoms with E-state index in [-0.39, 0.29) is 5.91 Å². The summed E-state index contributed by atoms with van der Waals surface area (Å²) in [6.07, 6.45) is 1.36. The van der Waals surface area contributed by atoms with Crippen LogP contribution in [0.25, 0.3) is 0 Å². The van der Waals surface area contributed by atoms with Gasteiger partial charge in [-0.3, -0.25) is 4.79 Å². The fourth-order valence-corrected chi connectivity index (χ4v) is 2.06. The van der Waals surface area contributed by atoms with Gasteiger partial charge in [-0.1, -0.05) is 6.58 Å². The van der Waals surface area contributed by atoms with Crippen molar-refractivity contribution in [2.75, 3.05) is 31.1 Å². The third-order valence-electron chi connectivity index (χ3n) is 3.13. The number of piperazine rings is 1. The number of amides is 1. The number of carbonyl (C=O) groups is 1. The Morgan fingerprint density at radius 3 is 2.33 bits per heavy atom. The SMILES string of the molecule is C=CC(=O)N1CCN(c2ccc(C#N)cc2)CC1. The van der Waals surface area contributed by atoms with Crippen LogP contribution in [0.4, 0.5) is 5.69 Å². The number of hydrogen-bond donors (Lipinski definition) is 0. The number of rotatable bonds is 2. The highest BCUT2D eigenvalue weighted by atomic mass is 16.2. The van der Waals surface area contributed by atoms with Crippen LogP contribution in [-0.2, 0) is 4.79 Å². The zero-order valence-corrected chi connectivity index (χ0v) is 10.2. The van der Waals surface area contributed by atoms with Crippen LogP contribution >= 0.6 is 0 Å². The average Bonchev–Trinajstić information content (AvgIpc) is 2.47. The predicted molar refractivity (Wildman–Crippen MR) is 70.1 cm³/mol. The third kappa shape index (κ3) is 2.51. The zero-order chi connectivity index (χ0) is 13.0. The molecule has 18 heavy (non-hydrogen) atoms. The lowest BCUT2D eigenvalue weighted by Gasteiger charge is -2.35. The van der Waals surface area contributed by atoms with Gasteiger partial charge in [-0.05, 0) is 30.3 Å². The summed E-state index contributed by atoms with van der Waals surface area (Å²) in [5.74, 6) is -0.00511. The van der Waals surface area contributed by atoms with Crippen molar-refractivity contribution in [3.05, 3.63) is 42.5 Å². The molecule has 1 fully saturated rings. The molecule has 0 aromatic heterocycles. The van der Waals surface area contributed by atoms with Crippen molar-refractivity contribution in [3.8, 4) is 6.07 Å². The Morgan fingerprint density at radius 1 is 1.22 bits per heavy atom. The number of nitriles is 1. The van der Waals surface area contributed by atoms with E-state index in [1.165, 1.54) is 6.08 Å². The molecule has 4 nitrogen and oxygen atoms in total. The molecule has 1 aromatic rings. The Labute approximate surface area is 107 Å². The van der Waals surface area contributed by atoms with Gasteiger partial charge in [0.25, 0.3) is 0 Å². The summed E-state index contributed by atoms with van der Waals surface area (Å²) < 4.78 is 0. The van der Waals surface area contributed by atoms with Crippen LogP contribution < -0.4 is 4.90 Å². The quantitative estimate of drug-likeness (QED) is 0.735. The van der Waals surface area contributed by atoms with Crippen LogP contribution in [0.1, 0.15) is 5.56 Å². The number of anilines is 1. The second-order valence-electron chi connectivity index (χ2n) is 4.18. The van der Waals surface area contributed by atoms with Crippen molar-refractivity contribution in [1.82, 2.24) is 4.90 Å². The molecule has 4 heteroatoms. The highest BCUT2D eigenvalue weighted by molar-refractivity contribution is 5.87. The normalized spacial score (nSPS) is 15.1. The van der Waals surface area contributed by atoms with E-state index in [9.17, 15) is 4.79 Å². The molecule has 0 aliphatic carbocycles. The van der Waals surface area contributed by atoms with E-state index in [0.29, 0.717) is 18.7 Å². The molecule has 92 valence electrons. The molecule has 1 aliphatic heterocycles. The lowest BCUT2D eigenvalue weighted by molar-refractivity contribution is -0.126. The van der Waals surface area contributed by atoms with Crippen molar-refractivity contribution in [1.29, 1.82) is 5.26 Å². The first kappa shape index (κ1) is 12.2. The first-order valence-electron chi connectivity index (χ1n) is 5.91. The summed E-state index contributed by atoms with van der Waals surface area (Å²) >= 11 is 0. The molecule has 0 N–H and O–H groups in total. The van der Waals surface area contributed by atoms with Crippen LogP contribution in [-0.4, -0.2) is 37.0 Å². The van der Waals surface area contributed by atoms with Crippen LogP contribution in [0.15, 0.2) is 36.9 Å². The molecule has 1 saturated heterocycles.